The van der Waals surface area contributed by atoms with E-state index in [2.05, 4.69) is 22.7 Å². The fourth-order valence-corrected chi connectivity index (χ4v) is 2.85. The lowest BCUT2D eigenvalue weighted by atomic mass is 9.92. The molecule has 2 rings (SSSR count). The highest BCUT2D eigenvalue weighted by molar-refractivity contribution is 5.90. The second-order valence-corrected chi connectivity index (χ2v) is 5.85. The van der Waals surface area contributed by atoms with Gasteiger partial charge in [-0.3, -0.25) is 4.68 Å². The van der Waals surface area contributed by atoms with E-state index in [4.69, 9.17) is 9.47 Å². The molecule has 0 bridgehead atoms. The summed E-state index contributed by atoms with van der Waals surface area (Å²) >= 11 is 0. The fourth-order valence-electron chi connectivity index (χ4n) is 2.85. The van der Waals surface area contributed by atoms with E-state index in [0.29, 0.717) is 18.2 Å². The van der Waals surface area contributed by atoms with Crippen LogP contribution in [0.1, 0.15) is 46.0 Å². The van der Waals surface area contributed by atoms with Crippen molar-refractivity contribution in [2.45, 2.75) is 58.1 Å². The van der Waals surface area contributed by atoms with Gasteiger partial charge in [0.15, 0.2) is 0 Å². The van der Waals surface area contributed by atoms with Crippen LogP contribution in [0, 0.1) is 0 Å². The predicted octanol–water partition coefficient (Wildman–Crippen LogP) is 2.68. The predicted molar refractivity (Wildman–Crippen MR) is 88.8 cm³/mol. The maximum atomic E-state index is 12.3. The Bertz CT molecular complexity index is 504. The summed E-state index contributed by atoms with van der Waals surface area (Å²) in [6, 6.07) is -0.182. The summed E-state index contributed by atoms with van der Waals surface area (Å²) in [6.07, 6.45) is 7.06. The Balaban J connectivity index is 1.92. The molecule has 0 aromatic carbocycles. The van der Waals surface area contributed by atoms with E-state index in [1.807, 2.05) is 6.92 Å². The summed E-state index contributed by atoms with van der Waals surface area (Å²) in [5.74, 6) is 0.438. The minimum atomic E-state index is -0.240. The minimum absolute atomic E-state index is 0.0579. The zero-order valence-corrected chi connectivity index (χ0v) is 14.3. The zero-order valence-electron chi connectivity index (χ0n) is 14.3. The molecule has 1 fully saturated rings. The van der Waals surface area contributed by atoms with Gasteiger partial charge in [-0.25, -0.2) is 4.79 Å². The Labute approximate surface area is 137 Å². The second kappa shape index (κ2) is 8.76. The molecule has 7 heteroatoms. The summed E-state index contributed by atoms with van der Waals surface area (Å²) in [5.41, 5.74) is 0.577. The number of hydrogen-bond donors (Lipinski definition) is 2. The second-order valence-electron chi connectivity index (χ2n) is 5.85. The molecule has 23 heavy (non-hydrogen) atoms. The van der Waals surface area contributed by atoms with Crippen LogP contribution in [0.2, 0.25) is 0 Å². The smallest absolute Gasteiger partial charge is 0.319 e. The van der Waals surface area contributed by atoms with Gasteiger partial charge in [0.05, 0.1) is 24.9 Å². The molecule has 0 saturated heterocycles. The van der Waals surface area contributed by atoms with Crippen LogP contribution < -0.4 is 15.4 Å². The maximum Gasteiger partial charge on any atom is 0.319 e. The van der Waals surface area contributed by atoms with Crippen molar-refractivity contribution in [1.82, 2.24) is 15.1 Å². The largest absolute Gasteiger partial charge is 0.475 e. The molecule has 0 radical (unpaired) electrons. The van der Waals surface area contributed by atoms with Crippen LogP contribution in [-0.2, 0) is 11.8 Å². The van der Waals surface area contributed by atoms with E-state index in [0.717, 1.165) is 38.7 Å². The molecule has 1 saturated carbocycles. The van der Waals surface area contributed by atoms with Gasteiger partial charge in [-0.2, -0.15) is 0 Å². The maximum absolute atomic E-state index is 12.3. The Hall–Kier alpha value is -1.76. The quantitative estimate of drug-likeness (QED) is 0.808. The van der Waals surface area contributed by atoms with Crippen LogP contribution in [-0.4, -0.2) is 41.2 Å². The number of carbonyl (C=O) groups is 1. The topological polar surface area (TPSA) is 77.4 Å². The van der Waals surface area contributed by atoms with Gasteiger partial charge in [0, 0.05) is 13.7 Å². The zero-order chi connectivity index (χ0) is 16.7. The van der Waals surface area contributed by atoms with Crippen molar-refractivity contribution in [3.63, 3.8) is 0 Å². The molecule has 1 aromatic heterocycles. The standard InChI is InChI=1S/C16H28N4O3/c1-4-10-23-14-9-7-6-8-12(14)17-16(21)18-13-11-20(3)19-15(13)22-5-2/h11-12,14H,4-10H2,1-3H3,(H2,17,18,21)/t12-,14-/m1/s1. The van der Waals surface area contributed by atoms with Crippen molar-refractivity contribution in [1.29, 1.82) is 0 Å². The number of amides is 2. The third-order valence-corrected chi connectivity index (χ3v) is 3.88. The Morgan fingerprint density at radius 2 is 2.17 bits per heavy atom. The van der Waals surface area contributed by atoms with E-state index in [-0.39, 0.29) is 18.2 Å². The number of anilines is 1. The fraction of sp³-hybridized carbons (Fsp3) is 0.750. The van der Waals surface area contributed by atoms with E-state index in [1.54, 1.807) is 17.9 Å². The average Bonchev–Trinajstić information content (AvgIpc) is 2.86. The summed E-state index contributed by atoms with van der Waals surface area (Å²) in [7, 11) is 1.79. The van der Waals surface area contributed by atoms with Crippen LogP contribution in [0.4, 0.5) is 10.5 Å². The summed E-state index contributed by atoms with van der Waals surface area (Å²) in [6.45, 7) is 5.22. The number of aryl methyl sites for hydroxylation is 1. The average molecular weight is 324 g/mol. The molecule has 1 heterocycles. The first-order chi connectivity index (χ1) is 11.1. The van der Waals surface area contributed by atoms with Crippen molar-refractivity contribution in [3.05, 3.63) is 6.20 Å². The van der Waals surface area contributed by atoms with Gasteiger partial charge in [0.25, 0.3) is 5.88 Å². The third kappa shape index (κ3) is 5.13. The van der Waals surface area contributed by atoms with Crippen molar-refractivity contribution in [3.8, 4) is 5.88 Å². The molecule has 1 aromatic rings. The first kappa shape index (κ1) is 17.6. The molecule has 2 atom stereocenters. The first-order valence-electron chi connectivity index (χ1n) is 8.49. The van der Waals surface area contributed by atoms with Crippen molar-refractivity contribution < 1.29 is 14.3 Å². The number of ether oxygens (including phenoxy) is 2. The molecular weight excluding hydrogens is 296 g/mol. The third-order valence-electron chi connectivity index (χ3n) is 3.88. The molecule has 1 aliphatic carbocycles. The van der Waals surface area contributed by atoms with Gasteiger partial charge in [0.1, 0.15) is 5.69 Å². The molecule has 2 amide bonds. The van der Waals surface area contributed by atoms with Gasteiger partial charge >= 0.3 is 6.03 Å². The van der Waals surface area contributed by atoms with Gasteiger partial charge in [-0.05, 0) is 26.2 Å². The summed E-state index contributed by atoms with van der Waals surface area (Å²) < 4.78 is 12.9. The molecule has 2 N–H and O–H groups in total. The van der Waals surface area contributed by atoms with Gasteiger partial charge in [-0.15, -0.1) is 5.10 Å². The Morgan fingerprint density at radius 3 is 2.91 bits per heavy atom. The Kier molecular flexibility index (Phi) is 6.70. The minimum Gasteiger partial charge on any atom is -0.475 e. The number of carbonyl (C=O) groups excluding carboxylic acids is 1. The van der Waals surface area contributed by atoms with Crippen molar-refractivity contribution in [2.75, 3.05) is 18.5 Å². The van der Waals surface area contributed by atoms with E-state index in [9.17, 15) is 4.79 Å². The SMILES string of the molecule is CCCO[C@@H]1CCCC[C@H]1NC(=O)Nc1cn(C)nc1OCC. The van der Waals surface area contributed by atoms with Crippen molar-refractivity contribution >= 4 is 11.7 Å². The molecule has 0 spiro atoms. The van der Waals surface area contributed by atoms with Crippen LogP contribution >= 0.6 is 0 Å². The van der Waals surface area contributed by atoms with Crippen LogP contribution in [0.3, 0.4) is 0 Å². The van der Waals surface area contributed by atoms with Crippen molar-refractivity contribution in [2.24, 2.45) is 7.05 Å². The molecule has 7 nitrogen and oxygen atoms in total. The molecule has 130 valence electrons. The van der Waals surface area contributed by atoms with Gasteiger partial charge in [-0.1, -0.05) is 19.8 Å². The molecule has 1 aliphatic rings. The summed E-state index contributed by atoms with van der Waals surface area (Å²) in [4.78, 5) is 12.3. The highest BCUT2D eigenvalue weighted by Crippen LogP contribution is 2.23. The number of urea groups is 1. The number of hydrogen-bond acceptors (Lipinski definition) is 4. The number of aromatic nitrogens is 2. The monoisotopic (exact) mass is 324 g/mol. The molecule has 0 aliphatic heterocycles. The van der Waals surface area contributed by atoms with E-state index >= 15 is 0 Å². The van der Waals surface area contributed by atoms with Gasteiger partial charge in [0.2, 0.25) is 0 Å². The lowest BCUT2D eigenvalue weighted by Gasteiger charge is -2.32. The Morgan fingerprint density at radius 1 is 1.39 bits per heavy atom. The van der Waals surface area contributed by atoms with Crippen LogP contribution in [0.15, 0.2) is 6.20 Å². The normalized spacial score (nSPS) is 21.0. The lowest BCUT2D eigenvalue weighted by molar-refractivity contribution is 0.00888. The highest BCUT2D eigenvalue weighted by atomic mass is 16.5. The number of nitrogens with one attached hydrogen (secondary N) is 2. The van der Waals surface area contributed by atoms with E-state index < -0.39 is 0 Å². The van der Waals surface area contributed by atoms with E-state index in [1.165, 1.54) is 0 Å². The van der Waals surface area contributed by atoms with Crippen LogP contribution in [0.25, 0.3) is 0 Å². The lowest BCUT2D eigenvalue weighted by Crippen LogP contribution is -2.47. The summed E-state index contributed by atoms with van der Waals surface area (Å²) in [5, 5.41) is 10.0. The highest BCUT2D eigenvalue weighted by Gasteiger charge is 2.27. The van der Waals surface area contributed by atoms with Gasteiger partial charge < -0.3 is 20.1 Å². The number of nitrogens with zero attached hydrogens (tertiary/aromatic N) is 2. The number of rotatable bonds is 7. The molecular formula is C16H28N4O3. The first-order valence-corrected chi connectivity index (χ1v) is 8.49. The molecule has 0 unspecified atom stereocenters. The van der Waals surface area contributed by atoms with Crippen LogP contribution in [0.5, 0.6) is 5.88 Å².